The Labute approximate surface area is 113 Å². The molecule has 0 aromatic heterocycles. The van der Waals surface area contributed by atoms with Crippen molar-refractivity contribution in [2.75, 3.05) is 6.66 Å². The second-order valence-corrected chi connectivity index (χ2v) is 16.1. The van der Waals surface area contributed by atoms with Gasteiger partial charge in [0.1, 0.15) is 0 Å². The zero-order valence-electron chi connectivity index (χ0n) is 14.0. The standard InChI is InChI=1S/C15H34P2/c1-12(16(11)13(2,3)4)17(14(5,6)7)15(8,9)10/h12H,1-11H3. The fraction of sp³-hybridized carbons (Fsp3) is 1.00. The van der Waals surface area contributed by atoms with Crippen LogP contribution in [0.4, 0.5) is 0 Å². The van der Waals surface area contributed by atoms with Gasteiger partial charge in [0, 0.05) is 0 Å². The second-order valence-electron chi connectivity index (χ2n) is 8.13. The van der Waals surface area contributed by atoms with Gasteiger partial charge in [0.15, 0.2) is 0 Å². The molecule has 0 aromatic carbocycles. The molecule has 0 N–H and O–H groups in total. The smallest absolute Gasteiger partial charge is 0.00226 e. The maximum atomic E-state index is 2.51. The van der Waals surface area contributed by atoms with E-state index >= 15 is 0 Å². The summed E-state index contributed by atoms with van der Waals surface area (Å²) < 4.78 is 0. The topological polar surface area (TPSA) is 0 Å². The van der Waals surface area contributed by atoms with E-state index in [9.17, 15) is 0 Å². The van der Waals surface area contributed by atoms with Crippen molar-refractivity contribution in [2.24, 2.45) is 0 Å². The Hall–Kier alpha value is 0.860. The molecule has 0 radical (unpaired) electrons. The first-order valence-electron chi connectivity index (χ1n) is 6.71. The third-order valence-corrected chi connectivity index (χ3v) is 12.0. The van der Waals surface area contributed by atoms with E-state index in [2.05, 4.69) is 75.9 Å². The van der Waals surface area contributed by atoms with Crippen LogP contribution in [0.3, 0.4) is 0 Å². The fourth-order valence-corrected chi connectivity index (χ4v) is 12.7. The molecule has 0 spiro atoms. The molecule has 17 heavy (non-hydrogen) atoms. The molecule has 0 saturated heterocycles. The summed E-state index contributed by atoms with van der Waals surface area (Å²) in [6, 6.07) is 0. The summed E-state index contributed by atoms with van der Waals surface area (Å²) in [5.41, 5.74) is 0. The zero-order chi connectivity index (χ0) is 14.2. The highest BCUT2D eigenvalue weighted by molar-refractivity contribution is 7.77. The van der Waals surface area contributed by atoms with E-state index in [4.69, 9.17) is 0 Å². The van der Waals surface area contributed by atoms with Crippen LogP contribution in [0, 0.1) is 0 Å². The predicted octanol–water partition coefficient (Wildman–Crippen LogP) is 6.32. The third-order valence-electron chi connectivity index (χ3n) is 3.44. The van der Waals surface area contributed by atoms with Crippen molar-refractivity contribution in [3.8, 4) is 0 Å². The van der Waals surface area contributed by atoms with Crippen molar-refractivity contribution >= 4 is 15.8 Å². The molecule has 0 aliphatic rings. The van der Waals surface area contributed by atoms with Crippen LogP contribution >= 0.6 is 15.8 Å². The summed E-state index contributed by atoms with van der Waals surface area (Å²) in [4.78, 5) is 0. The summed E-state index contributed by atoms with van der Waals surface area (Å²) in [5, 5.41) is 2.26. The van der Waals surface area contributed by atoms with Gasteiger partial charge in [-0.25, -0.2) is 0 Å². The first-order chi connectivity index (χ1) is 7.19. The van der Waals surface area contributed by atoms with Crippen molar-refractivity contribution in [3.63, 3.8) is 0 Å². The van der Waals surface area contributed by atoms with Gasteiger partial charge in [-0.3, -0.25) is 0 Å². The molecule has 0 aliphatic heterocycles. The molecule has 0 heterocycles. The highest BCUT2D eigenvalue weighted by Gasteiger charge is 2.41. The maximum absolute atomic E-state index is 2.51. The quantitative estimate of drug-likeness (QED) is 0.517. The van der Waals surface area contributed by atoms with Crippen molar-refractivity contribution in [1.82, 2.24) is 0 Å². The fourth-order valence-electron chi connectivity index (χ4n) is 2.86. The molecule has 0 rings (SSSR count). The third kappa shape index (κ3) is 5.16. The van der Waals surface area contributed by atoms with Crippen molar-refractivity contribution < 1.29 is 0 Å². The van der Waals surface area contributed by atoms with Crippen molar-refractivity contribution in [1.29, 1.82) is 0 Å². The van der Waals surface area contributed by atoms with Crippen LogP contribution in [-0.2, 0) is 0 Å². The van der Waals surface area contributed by atoms with E-state index in [0.29, 0.717) is 15.5 Å². The van der Waals surface area contributed by atoms with E-state index in [0.717, 1.165) is 5.40 Å². The van der Waals surface area contributed by atoms with E-state index in [1.54, 1.807) is 0 Å². The average Bonchev–Trinajstić information content (AvgIpc) is 1.94. The Kier molecular flexibility index (Phi) is 5.74. The van der Waals surface area contributed by atoms with Gasteiger partial charge in [0.25, 0.3) is 0 Å². The van der Waals surface area contributed by atoms with Crippen molar-refractivity contribution in [3.05, 3.63) is 0 Å². The van der Waals surface area contributed by atoms with E-state index in [1.165, 1.54) is 0 Å². The van der Waals surface area contributed by atoms with Gasteiger partial charge in [-0.05, 0) is 27.5 Å². The molecule has 0 amide bonds. The zero-order valence-corrected chi connectivity index (χ0v) is 15.8. The molecular formula is C15H34P2. The summed E-state index contributed by atoms with van der Waals surface area (Å²) in [7, 11) is 0.0992. The molecule has 0 aliphatic carbocycles. The molecule has 2 heteroatoms. The second kappa shape index (κ2) is 5.46. The Bertz CT molecular complexity index is 223. The number of rotatable bonds is 2. The van der Waals surface area contributed by atoms with Crippen molar-refractivity contribution in [2.45, 2.75) is 90.1 Å². The summed E-state index contributed by atoms with van der Waals surface area (Å²) >= 11 is 0. The lowest BCUT2D eigenvalue weighted by molar-refractivity contribution is 0.699. The van der Waals surface area contributed by atoms with E-state index in [-0.39, 0.29) is 15.8 Å². The molecule has 0 nitrogen and oxygen atoms in total. The largest absolute Gasteiger partial charge is 0.0970 e. The minimum Gasteiger partial charge on any atom is -0.0970 e. The minimum absolute atomic E-state index is 0.0212. The molecule has 2 atom stereocenters. The Morgan fingerprint density at radius 3 is 1.12 bits per heavy atom. The lowest BCUT2D eigenvalue weighted by Gasteiger charge is -2.49. The normalized spacial score (nSPS) is 18.4. The summed E-state index contributed by atoms with van der Waals surface area (Å²) in [6.45, 7) is 26.9. The molecule has 0 saturated carbocycles. The van der Waals surface area contributed by atoms with Gasteiger partial charge in [-0.1, -0.05) is 85.1 Å². The van der Waals surface area contributed by atoms with E-state index < -0.39 is 0 Å². The average molecular weight is 276 g/mol. The van der Waals surface area contributed by atoms with Crippen LogP contribution in [-0.4, -0.2) is 27.5 Å². The van der Waals surface area contributed by atoms with Gasteiger partial charge >= 0.3 is 0 Å². The van der Waals surface area contributed by atoms with Gasteiger partial charge in [-0.15, -0.1) is 0 Å². The lowest BCUT2D eigenvalue weighted by atomic mass is 10.2. The molecule has 0 fully saturated rings. The van der Waals surface area contributed by atoms with Crippen LogP contribution in [0.1, 0.15) is 69.2 Å². The SMILES string of the molecule is CC(P(C)C(C)(C)C)P(C(C)(C)C)C(C)(C)C. The van der Waals surface area contributed by atoms with Gasteiger partial charge in [0.05, 0.1) is 0 Å². The van der Waals surface area contributed by atoms with Crippen LogP contribution in [0.2, 0.25) is 0 Å². The van der Waals surface area contributed by atoms with Crippen LogP contribution in [0.5, 0.6) is 0 Å². The molecule has 0 bridgehead atoms. The summed E-state index contributed by atoms with van der Waals surface area (Å²) in [5.74, 6) is 0. The Balaban J connectivity index is 5.24. The van der Waals surface area contributed by atoms with Gasteiger partial charge < -0.3 is 0 Å². The minimum atomic E-state index is 0.0212. The first kappa shape index (κ1) is 17.9. The molecular weight excluding hydrogens is 242 g/mol. The maximum Gasteiger partial charge on any atom is -0.00226 e. The van der Waals surface area contributed by atoms with Gasteiger partial charge in [0.2, 0.25) is 0 Å². The molecule has 2 unspecified atom stereocenters. The molecule has 104 valence electrons. The van der Waals surface area contributed by atoms with Gasteiger partial charge in [-0.2, -0.15) is 0 Å². The Morgan fingerprint density at radius 1 is 0.647 bits per heavy atom. The first-order valence-corrected chi connectivity index (χ1v) is 9.98. The highest BCUT2D eigenvalue weighted by atomic mass is 31.2. The molecule has 0 aromatic rings. The number of hydrogen-bond donors (Lipinski definition) is 0. The monoisotopic (exact) mass is 276 g/mol. The summed E-state index contributed by atoms with van der Waals surface area (Å²) in [6.07, 6.45) is 0. The highest BCUT2D eigenvalue weighted by Crippen LogP contribution is 2.71. The Morgan fingerprint density at radius 2 is 0.941 bits per heavy atom. The van der Waals surface area contributed by atoms with Crippen LogP contribution in [0.25, 0.3) is 0 Å². The lowest BCUT2D eigenvalue weighted by Crippen LogP contribution is -2.31. The van der Waals surface area contributed by atoms with Crippen LogP contribution in [0.15, 0.2) is 0 Å². The van der Waals surface area contributed by atoms with Crippen LogP contribution < -0.4 is 0 Å². The number of hydrogen-bond acceptors (Lipinski definition) is 0. The predicted molar refractivity (Wildman–Crippen MR) is 88.5 cm³/mol. The van der Waals surface area contributed by atoms with E-state index in [1.807, 2.05) is 0 Å².